The van der Waals surface area contributed by atoms with Crippen molar-refractivity contribution in [1.82, 2.24) is 4.90 Å². The van der Waals surface area contributed by atoms with E-state index in [0.29, 0.717) is 22.7 Å². The fourth-order valence-corrected chi connectivity index (χ4v) is 3.22. The molecule has 3 rings (SSSR count). The fourth-order valence-electron chi connectivity index (χ4n) is 2.97. The van der Waals surface area contributed by atoms with Gasteiger partial charge in [-0.15, -0.1) is 0 Å². The van der Waals surface area contributed by atoms with Crippen molar-refractivity contribution in [2.45, 2.75) is 25.9 Å². The molecular formula is C18H15ClN2O. The average molecular weight is 311 g/mol. The van der Waals surface area contributed by atoms with Crippen molar-refractivity contribution >= 4 is 17.5 Å². The lowest BCUT2D eigenvalue weighted by atomic mass is 10.0. The van der Waals surface area contributed by atoms with E-state index in [1.165, 1.54) is 11.1 Å². The van der Waals surface area contributed by atoms with Gasteiger partial charge in [-0.05, 0) is 35.7 Å². The van der Waals surface area contributed by atoms with E-state index in [9.17, 15) is 10.1 Å². The molecule has 0 unspecified atom stereocenters. The van der Waals surface area contributed by atoms with Crippen LogP contribution in [0.5, 0.6) is 0 Å². The topological polar surface area (TPSA) is 44.1 Å². The molecule has 4 heteroatoms. The van der Waals surface area contributed by atoms with Gasteiger partial charge in [-0.25, -0.2) is 0 Å². The Kier molecular flexibility index (Phi) is 3.87. The first-order chi connectivity index (χ1) is 10.6. The molecule has 2 aromatic rings. The number of carbonyl (C=O) groups excluding carboxylic acids is 1. The number of hydrogen-bond acceptors (Lipinski definition) is 2. The van der Waals surface area contributed by atoms with Gasteiger partial charge in [-0.2, -0.15) is 5.26 Å². The van der Waals surface area contributed by atoms with Gasteiger partial charge in [0.25, 0.3) is 0 Å². The largest absolute Gasteiger partial charge is 0.331 e. The van der Waals surface area contributed by atoms with E-state index in [0.717, 1.165) is 0 Å². The number of nitriles is 1. The van der Waals surface area contributed by atoms with E-state index in [-0.39, 0.29) is 18.4 Å². The van der Waals surface area contributed by atoms with Crippen molar-refractivity contribution in [2.75, 3.05) is 0 Å². The zero-order valence-corrected chi connectivity index (χ0v) is 13.0. The van der Waals surface area contributed by atoms with Gasteiger partial charge >= 0.3 is 0 Å². The van der Waals surface area contributed by atoms with Gasteiger partial charge < -0.3 is 4.90 Å². The van der Waals surface area contributed by atoms with Crippen LogP contribution in [-0.2, 0) is 17.8 Å². The van der Waals surface area contributed by atoms with Gasteiger partial charge in [0, 0.05) is 11.6 Å². The summed E-state index contributed by atoms with van der Waals surface area (Å²) in [5.41, 5.74) is 3.45. The SMILES string of the molecule is C[C@H]1c2ccccc2CN1C(=O)Cc1c(Cl)cccc1C#N. The molecule has 1 heterocycles. The Morgan fingerprint density at radius 1 is 1.32 bits per heavy atom. The molecule has 0 saturated carbocycles. The lowest BCUT2D eigenvalue weighted by Crippen LogP contribution is -2.29. The zero-order valence-electron chi connectivity index (χ0n) is 12.2. The highest BCUT2D eigenvalue weighted by Crippen LogP contribution is 2.34. The van der Waals surface area contributed by atoms with E-state index in [1.807, 2.05) is 24.0 Å². The molecule has 0 aliphatic carbocycles. The van der Waals surface area contributed by atoms with Crippen LogP contribution in [0.1, 0.15) is 35.2 Å². The fraction of sp³-hybridized carbons (Fsp3) is 0.222. The highest BCUT2D eigenvalue weighted by molar-refractivity contribution is 6.31. The highest BCUT2D eigenvalue weighted by Gasteiger charge is 2.30. The molecule has 22 heavy (non-hydrogen) atoms. The van der Waals surface area contributed by atoms with Crippen LogP contribution < -0.4 is 0 Å². The van der Waals surface area contributed by atoms with Crippen molar-refractivity contribution < 1.29 is 4.79 Å². The maximum Gasteiger partial charge on any atom is 0.227 e. The minimum absolute atomic E-state index is 0.00620. The van der Waals surface area contributed by atoms with Crippen molar-refractivity contribution in [3.63, 3.8) is 0 Å². The van der Waals surface area contributed by atoms with Gasteiger partial charge in [0.2, 0.25) is 5.91 Å². The molecule has 0 spiro atoms. The zero-order chi connectivity index (χ0) is 15.7. The lowest BCUT2D eigenvalue weighted by molar-refractivity contribution is -0.132. The number of fused-ring (bicyclic) bond motifs is 1. The van der Waals surface area contributed by atoms with Gasteiger partial charge in [0.15, 0.2) is 0 Å². The third-order valence-electron chi connectivity index (χ3n) is 4.20. The Labute approximate surface area is 134 Å². The highest BCUT2D eigenvalue weighted by atomic mass is 35.5. The standard InChI is InChI=1S/C18H15ClN2O/c1-12-15-7-3-2-5-14(15)11-21(12)18(22)9-16-13(10-20)6-4-8-17(16)19/h2-8,12H,9,11H2,1H3/t12-/m0/s1. The first kappa shape index (κ1) is 14.6. The van der Waals surface area contributed by atoms with E-state index in [2.05, 4.69) is 18.2 Å². The van der Waals surface area contributed by atoms with Crippen molar-refractivity contribution in [1.29, 1.82) is 5.26 Å². The second-order valence-electron chi connectivity index (χ2n) is 5.45. The Morgan fingerprint density at radius 2 is 2.09 bits per heavy atom. The van der Waals surface area contributed by atoms with Crippen LogP contribution in [0, 0.1) is 11.3 Å². The van der Waals surface area contributed by atoms with Crippen LogP contribution in [0.15, 0.2) is 42.5 Å². The number of rotatable bonds is 2. The third kappa shape index (κ3) is 2.47. The molecule has 0 N–H and O–H groups in total. The minimum atomic E-state index is -0.00620. The molecule has 1 atom stereocenters. The van der Waals surface area contributed by atoms with Crippen LogP contribution in [0.3, 0.4) is 0 Å². The van der Waals surface area contributed by atoms with Crippen molar-refractivity contribution in [2.24, 2.45) is 0 Å². The number of hydrogen-bond donors (Lipinski definition) is 0. The minimum Gasteiger partial charge on any atom is -0.331 e. The predicted molar refractivity (Wildman–Crippen MR) is 85.3 cm³/mol. The quantitative estimate of drug-likeness (QED) is 0.845. The summed E-state index contributed by atoms with van der Waals surface area (Å²) in [6.45, 7) is 2.64. The Hall–Kier alpha value is -2.31. The van der Waals surface area contributed by atoms with Crippen LogP contribution in [0.4, 0.5) is 0 Å². The van der Waals surface area contributed by atoms with Gasteiger partial charge in [-0.3, -0.25) is 4.79 Å². The van der Waals surface area contributed by atoms with E-state index < -0.39 is 0 Å². The van der Waals surface area contributed by atoms with Crippen LogP contribution >= 0.6 is 11.6 Å². The summed E-state index contributed by atoms with van der Waals surface area (Å²) in [6, 6.07) is 15.4. The molecule has 0 radical (unpaired) electrons. The summed E-state index contributed by atoms with van der Waals surface area (Å²) in [7, 11) is 0. The molecule has 1 amide bonds. The summed E-state index contributed by atoms with van der Waals surface area (Å²) in [4.78, 5) is 14.5. The number of carbonyl (C=O) groups is 1. The van der Waals surface area contributed by atoms with Gasteiger partial charge in [0.05, 0.1) is 24.1 Å². The number of nitrogens with zero attached hydrogens (tertiary/aromatic N) is 2. The molecule has 3 nitrogen and oxygen atoms in total. The van der Waals surface area contributed by atoms with Crippen LogP contribution in [0.25, 0.3) is 0 Å². The summed E-state index contributed by atoms with van der Waals surface area (Å²) in [5, 5.41) is 9.65. The molecule has 0 aromatic heterocycles. The lowest BCUT2D eigenvalue weighted by Gasteiger charge is -2.22. The number of benzene rings is 2. The number of halogens is 1. The van der Waals surface area contributed by atoms with Gasteiger partial charge in [0.1, 0.15) is 0 Å². The van der Waals surface area contributed by atoms with E-state index >= 15 is 0 Å². The molecule has 110 valence electrons. The average Bonchev–Trinajstić information content (AvgIpc) is 2.87. The molecular weight excluding hydrogens is 296 g/mol. The molecule has 2 aromatic carbocycles. The summed E-state index contributed by atoms with van der Waals surface area (Å²) >= 11 is 6.16. The maximum absolute atomic E-state index is 12.7. The molecule has 1 aliphatic heterocycles. The van der Waals surface area contributed by atoms with E-state index in [4.69, 9.17) is 11.6 Å². The summed E-state index contributed by atoms with van der Waals surface area (Å²) < 4.78 is 0. The van der Waals surface area contributed by atoms with Gasteiger partial charge in [-0.1, -0.05) is 41.9 Å². The first-order valence-electron chi connectivity index (χ1n) is 7.16. The predicted octanol–water partition coefficient (Wildman–Crippen LogP) is 3.86. The normalized spacial score (nSPS) is 16.2. The Balaban J connectivity index is 1.85. The molecule has 0 fully saturated rings. The molecule has 0 saturated heterocycles. The smallest absolute Gasteiger partial charge is 0.227 e. The molecule has 0 bridgehead atoms. The van der Waals surface area contributed by atoms with Crippen LogP contribution in [-0.4, -0.2) is 10.8 Å². The van der Waals surface area contributed by atoms with E-state index in [1.54, 1.807) is 18.2 Å². The monoisotopic (exact) mass is 310 g/mol. The third-order valence-corrected chi connectivity index (χ3v) is 4.56. The summed E-state index contributed by atoms with van der Waals surface area (Å²) in [6.07, 6.45) is 0.154. The second kappa shape index (κ2) is 5.82. The van der Waals surface area contributed by atoms with Crippen LogP contribution in [0.2, 0.25) is 5.02 Å². The first-order valence-corrected chi connectivity index (χ1v) is 7.54. The maximum atomic E-state index is 12.7. The number of amides is 1. The Morgan fingerprint density at radius 3 is 2.82 bits per heavy atom. The second-order valence-corrected chi connectivity index (χ2v) is 5.86. The van der Waals surface area contributed by atoms with Crippen molar-refractivity contribution in [3.05, 3.63) is 69.7 Å². The Bertz CT molecular complexity index is 779. The summed E-state index contributed by atoms with van der Waals surface area (Å²) in [5.74, 6) is -0.00620. The molecule has 1 aliphatic rings. The van der Waals surface area contributed by atoms with Crippen molar-refractivity contribution in [3.8, 4) is 6.07 Å².